The quantitative estimate of drug-likeness (QED) is 0.251. The van der Waals surface area contributed by atoms with Gasteiger partial charge in [-0.3, -0.25) is 9.59 Å². The molecular weight excluding hydrogens is 612 g/mol. The molecule has 0 radical (unpaired) electrons. The molecule has 0 bridgehead atoms. The number of pyridine rings is 1. The van der Waals surface area contributed by atoms with Gasteiger partial charge in [0.2, 0.25) is 5.88 Å². The van der Waals surface area contributed by atoms with Gasteiger partial charge in [-0.25, -0.2) is 14.1 Å². The van der Waals surface area contributed by atoms with E-state index in [0.717, 1.165) is 16.3 Å². The maximum absolute atomic E-state index is 14.9. The highest BCUT2D eigenvalue weighted by molar-refractivity contribution is 6.39. The molecule has 1 aliphatic heterocycles. The van der Waals surface area contributed by atoms with Gasteiger partial charge in [-0.05, 0) is 37.6 Å². The van der Waals surface area contributed by atoms with Crippen LogP contribution in [0.4, 0.5) is 10.1 Å². The minimum atomic E-state index is -0.758. The SMILES string of the molecule is COc1nc(-c2cccc(-c3cc(F)cc(NC(=O)c4cc(C)nn(C)c4=O)c3Cl)c2Cl)ccc1CN[C@@H]1CCOC[C@@H]1O. The molecule has 4 aromatic rings. The number of aryl methyl sites for hydroxylation is 2. The van der Waals surface area contributed by atoms with Crippen LogP contribution in [0.1, 0.15) is 28.0 Å². The maximum atomic E-state index is 14.9. The molecule has 1 fully saturated rings. The lowest BCUT2D eigenvalue weighted by Crippen LogP contribution is -2.46. The molecule has 0 spiro atoms. The number of aliphatic hydroxyl groups is 1. The third-order valence-electron chi connectivity index (χ3n) is 7.29. The fraction of sp³-hybridized carbons (Fsp3) is 0.290. The van der Waals surface area contributed by atoms with Crippen molar-refractivity contribution >= 4 is 34.8 Å². The van der Waals surface area contributed by atoms with Crippen LogP contribution in [0.15, 0.2) is 53.3 Å². The smallest absolute Gasteiger partial charge is 0.279 e. The van der Waals surface area contributed by atoms with E-state index in [2.05, 4.69) is 20.7 Å². The van der Waals surface area contributed by atoms with Gasteiger partial charge < -0.3 is 25.2 Å². The summed E-state index contributed by atoms with van der Waals surface area (Å²) >= 11 is 13.6. The predicted octanol–water partition coefficient (Wildman–Crippen LogP) is 4.76. The van der Waals surface area contributed by atoms with E-state index in [1.165, 1.54) is 26.3 Å². The molecule has 0 unspecified atom stereocenters. The number of carbonyl (C=O) groups excluding carboxylic acids is 1. The number of anilines is 1. The van der Waals surface area contributed by atoms with Gasteiger partial charge in [0, 0.05) is 48.5 Å². The van der Waals surface area contributed by atoms with Crippen LogP contribution in [-0.2, 0) is 18.3 Å². The minimum absolute atomic E-state index is 0.0312. The second-order valence-electron chi connectivity index (χ2n) is 10.3. The molecule has 2 atom stereocenters. The maximum Gasteiger partial charge on any atom is 0.279 e. The third kappa shape index (κ3) is 6.62. The standard InChI is InChI=1S/C31H30Cl2FN5O5/c1-16-11-22(31(42)39(2)38-16)29(41)36-25-13-18(34)12-21(28(25)33)19-5-4-6-20(27(19)32)23-8-7-17(30(37-23)43-3)14-35-24-9-10-44-15-26(24)40/h4-8,11-13,24,26,35,40H,9-10,14-15H2,1-3H3,(H,36,41)/t24-,26+/m1/s1. The number of nitrogens with one attached hydrogen (secondary N) is 2. The van der Waals surface area contributed by atoms with E-state index >= 15 is 0 Å². The Hall–Kier alpha value is -3.87. The highest BCUT2D eigenvalue weighted by atomic mass is 35.5. The third-order valence-corrected chi connectivity index (χ3v) is 8.11. The Morgan fingerprint density at radius 3 is 2.68 bits per heavy atom. The van der Waals surface area contributed by atoms with E-state index in [0.29, 0.717) is 48.0 Å². The van der Waals surface area contributed by atoms with E-state index in [1.807, 2.05) is 6.07 Å². The Balaban J connectivity index is 1.45. The minimum Gasteiger partial charge on any atom is -0.481 e. The van der Waals surface area contributed by atoms with Crippen LogP contribution in [0, 0.1) is 12.7 Å². The number of benzene rings is 2. The van der Waals surface area contributed by atoms with Gasteiger partial charge in [0.25, 0.3) is 11.5 Å². The van der Waals surface area contributed by atoms with Gasteiger partial charge >= 0.3 is 0 Å². The van der Waals surface area contributed by atoms with Crippen molar-refractivity contribution in [3.05, 3.63) is 91.6 Å². The fourth-order valence-corrected chi connectivity index (χ4v) is 5.64. The number of amides is 1. The number of rotatable bonds is 8. The summed E-state index contributed by atoms with van der Waals surface area (Å²) in [5, 5.41) is 20.3. The highest BCUT2D eigenvalue weighted by Gasteiger charge is 2.24. The highest BCUT2D eigenvalue weighted by Crippen LogP contribution is 2.42. The zero-order valence-electron chi connectivity index (χ0n) is 24.2. The zero-order chi connectivity index (χ0) is 31.5. The monoisotopic (exact) mass is 641 g/mol. The van der Waals surface area contributed by atoms with Crippen molar-refractivity contribution in [2.45, 2.75) is 32.0 Å². The van der Waals surface area contributed by atoms with Crippen molar-refractivity contribution in [3.63, 3.8) is 0 Å². The molecule has 13 heteroatoms. The average molecular weight is 643 g/mol. The van der Waals surface area contributed by atoms with Crippen LogP contribution >= 0.6 is 23.2 Å². The molecule has 2 aromatic heterocycles. The van der Waals surface area contributed by atoms with Gasteiger partial charge in [-0.1, -0.05) is 47.5 Å². The van der Waals surface area contributed by atoms with E-state index < -0.39 is 23.4 Å². The summed E-state index contributed by atoms with van der Waals surface area (Å²) < 4.78 is 26.8. The first-order valence-corrected chi connectivity index (χ1v) is 14.5. The number of aromatic nitrogens is 3. The molecule has 1 saturated heterocycles. The molecule has 44 heavy (non-hydrogen) atoms. The number of ether oxygens (including phenoxy) is 2. The number of halogens is 3. The van der Waals surface area contributed by atoms with Crippen molar-refractivity contribution in [2.24, 2.45) is 7.05 Å². The van der Waals surface area contributed by atoms with Crippen LogP contribution in [0.3, 0.4) is 0 Å². The van der Waals surface area contributed by atoms with Crippen LogP contribution in [0.2, 0.25) is 10.0 Å². The lowest BCUT2D eigenvalue weighted by Gasteiger charge is -2.28. The first-order valence-electron chi connectivity index (χ1n) is 13.7. The molecule has 0 saturated carbocycles. The summed E-state index contributed by atoms with van der Waals surface area (Å²) in [6.07, 6.45) is 0.0898. The van der Waals surface area contributed by atoms with Gasteiger partial charge in [0.1, 0.15) is 11.4 Å². The number of carbonyl (C=O) groups is 1. The number of hydrogen-bond acceptors (Lipinski definition) is 8. The summed E-state index contributed by atoms with van der Waals surface area (Å²) in [6, 6.07) is 12.3. The van der Waals surface area contributed by atoms with E-state index in [-0.39, 0.29) is 39.5 Å². The molecule has 10 nitrogen and oxygen atoms in total. The summed E-state index contributed by atoms with van der Waals surface area (Å²) in [7, 11) is 2.95. The van der Waals surface area contributed by atoms with Crippen LogP contribution < -0.4 is 20.9 Å². The van der Waals surface area contributed by atoms with Crippen LogP contribution in [0.5, 0.6) is 5.88 Å². The van der Waals surface area contributed by atoms with Crippen LogP contribution in [-0.4, -0.2) is 58.2 Å². The van der Waals surface area contributed by atoms with Gasteiger partial charge in [0.05, 0.1) is 46.9 Å². The molecular formula is C31H30Cl2FN5O5. The van der Waals surface area contributed by atoms with Gasteiger partial charge in [0.15, 0.2) is 0 Å². The molecule has 5 rings (SSSR count). The first kappa shape index (κ1) is 31.6. The first-order chi connectivity index (χ1) is 21.1. The van der Waals surface area contributed by atoms with E-state index in [9.17, 15) is 19.1 Å². The lowest BCUT2D eigenvalue weighted by atomic mass is 10.00. The number of methoxy groups -OCH3 is 1. The fourth-order valence-electron chi connectivity index (χ4n) is 5.05. The molecule has 3 heterocycles. The molecule has 0 aliphatic carbocycles. The van der Waals surface area contributed by atoms with Crippen molar-refractivity contribution in [3.8, 4) is 28.3 Å². The largest absolute Gasteiger partial charge is 0.481 e. The second kappa shape index (κ2) is 13.4. The second-order valence-corrected chi connectivity index (χ2v) is 11.1. The topological polar surface area (TPSA) is 128 Å². The van der Waals surface area contributed by atoms with Gasteiger partial charge in [-0.15, -0.1) is 0 Å². The van der Waals surface area contributed by atoms with Crippen LogP contribution in [0.25, 0.3) is 22.4 Å². The number of hydrogen-bond donors (Lipinski definition) is 3. The van der Waals surface area contributed by atoms with Crippen molar-refractivity contribution < 1.29 is 23.8 Å². The Morgan fingerprint density at radius 1 is 1.16 bits per heavy atom. The molecule has 3 N–H and O–H groups in total. The molecule has 1 aliphatic rings. The van der Waals surface area contributed by atoms with E-state index in [4.69, 9.17) is 32.7 Å². The molecule has 230 valence electrons. The van der Waals surface area contributed by atoms with Gasteiger partial charge in [-0.2, -0.15) is 5.10 Å². The molecule has 1 amide bonds. The summed E-state index contributed by atoms with van der Waals surface area (Å²) in [5.41, 5.74) is 2.13. The Morgan fingerprint density at radius 2 is 1.93 bits per heavy atom. The average Bonchev–Trinajstić information content (AvgIpc) is 3.00. The Bertz CT molecular complexity index is 1780. The predicted molar refractivity (Wildman–Crippen MR) is 166 cm³/mol. The summed E-state index contributed by atoms with van der Waals surface area (Å²) in [6.45, 7) is 2.93. The Kier molecular flexibility index (Phi) is 9.62. The summed E-state index contributed by atoms with van der Waals surface area (Å²) in [4.78, 5) is 30.1. The Labute approximate surface area is 262 Å². The lowest BCUT2D eigenvalue weighted by molar-refractivity contribution is -0.0281. The van der Waals surface area contributed by atoms with Crippen molar-refractivity contribution in [1.29, 1.82) is 0 Å². The van der Waals surface area contributed by atoms with E-state index in [1.54, 1.807) is 31.2 Å². The normalized spacial score (nSPS) is 16.5. The van der Waals surface area contributed by atoms with Crippen molar-refractivity contribution in [1.82, 2.24) is 20.1 Å². The molecule has 2 aromatic carbocycles. The zero-order valence-corrected chi connectivity index (χ0v) is 25.7. The summed E-state index contributed by atoms with van der Waals surface area (Å²) in [5.74, 6) is -1.05. The number of nitrogens with zero attached hydrogens (tertiary/aromatic N) is 3. The van der Waals surface area contributed by atoms with Crippen molar-refractivity contribution in [2.75, 3.05) is 25.6 Å². The number of aliphatic hydroxyl groups excluding tert-OH is 1.